The minimum atomic E-state index is -0.118. The van der Waals surface area contributed by atoms with Crippen molar-refractivity contribution in [3.05, 3.63) is 99.2 Å². The summed E-state index contributed by atoms with van der Waals surface area (Å²) in [6.45, 7) is 2.88. The van der Waals surface area contributed by atoms with Gasteiger partial charge >= 0.3 is 0 Å². The third kappa shape index (κ3) is 4.02. The molecule has 0 atom stereocenters. The van der Waals surface area contributed by atoms with Crippen molar-refractivity contribution in [3.63, 3.8) is 0 Å². The van der Waals surface area contributed by atoms with Crippen molar-refractivity contribution in [1.29, 1.82) is 10.8 Å². The Labute approximate surface area is 185 Å². The molecule has 0 amide bonds. The Morgan fingerprint density at radius 1 is 0.938 bits per heavy atom. The average Bonchev–Trinajstić information content (AvgIpc) is 3.14. The first-order valence-electron chi connectivity index (χ1n) is 10.3. The number of nitrogen functional groups attached to an aromatic ring is 2. The lowest BCUT2D eigenvalue weighted by Gasteiger charge is -2.11. The topological polar surface area (TPSA) is 140 Å². The average molecular weight is 428 g/mol. The van der Waals surface area contributed by atoms with Gasteiger partial charge in [-0.3, -0.25) is 15.6 Å². The number of aromatic nitrogens is 3. The molecule has 162 valence electrons. The van der Waals surface area contributed by atoms with E-state index >= 15 is 0 Å². The molecule has 0 unspecified atom stereocenters. The first-order chi connectivity index (χ1) is 15.4. The maximum absolute atomic E-state index is 13.4. The number of aryl methyl sites for hydroxylation is 1. The summed E-state index contributed by atoms with van der Waals surface area (Å²) >= 11 is 0. The first-order valence-corrected chi connectivity index (χ1v) is 10.3. The van der Waals surface area contributed by atoms with Crippen LogP contribution < -0.4 is 17.0 Å². The first kappa shape index (κ1) is 21.0. The minimum Gasteiger partial charge on any atom is -0.384 e. The lowest BCUT2D eigenvalue weighted by Crippen LogP contribution is -2.23. The summed E-state index contributed by atoms with van der Waals surface area (Å²) < 4.78 is 3.61. The van der Waals surface area contributed by atoms with Crippen LogP contribution in [0.15, 0.2) is 65.6 Å². The molecule has 32 heavy (non-hydrogen) atoms. The summed E-state index contributed by atoms with van der Waals surface area (Å²) in [6, 6.07) is 16.6. The molecule has 0 bridgehead atoms. The number of fused-ring (bicyclic) bond motifs is 1. The quantitative estimate of drug-likeness (QED) is 0.266. The van der Waals surface area contributed by atoms with E-state index in [4.69, 9.17) is 22.3 Å². The summed E-state index contributed by atoms with van der Waals surface area (Å²) in [5.41, 5.74) is 15.4. The smallest absolute Gasteiger partial charge is 0.277 e. The Balaban J connectivity index is 1.75. The Morgan fingerprint density at radius 3 is 2.31 bits per heavy atom. The van der Waals surface area contributed by atoms with Crippen molar-refractivity contribution in [1.82, 2.24) is 14.1 Å². The lowest BCUT2D eigenvalue weighted by atomic mass is 10.1. The second-order valence-corrected chi connectivity index (χ2v) is 7.68. The van der Waals surface area contributed by atoms with E-state index in [1.807, 2.05) is 47.9 Å². The minimum absolute atomic E-state index is 0.0104. The van der Waals surface area contributed by atoms with Crippen molar-refractivity contribution in [2.75, 3.05) is 0 Å². The van der Waals surface area contributed by atoms with E-state index in [0.29, 0.717) is 41.7 Å². The number of nitrogens with two attached hydrogens (primary N) is 2. The zero-order chi connectivity index (χ0) is 22.8. The number of hydrogen-bond acceptors (Lipinski definition) is 4. The van der Waals surface area contributed by atoms with Crippen LogP contribution in [0.5, 0.6) is 0 Å². The Hall–Kier alpha value is -4.20. The highest BCUT2D eigenvalue weighted by Gasteiger charge is 2.15. The molecule has 0 aliphatic heterocycles. The van der Waals surface area contributed by atoms with Crippen molar-refractivity contribution in [3.8, 4) is 0 Å². The van der Waals surface area contributed by atoms with Gasteiger partial charge in [-0.1, -0.05) is 49.4 Å². The van der Waals surface area contributed by atoms with Gasteiger partial charge in [0.2, 0.25) is 0 Å². The number of hydrogen-bond donors (Lipinski definition) is 4. The highest BCUT2D eigenvalue weighted by atomic mass is 16.1. The maximum atomic E-state index is 13.4. The molecule has 0 radical (unpaired) electrons. The van der Waals surface area contributed by atoms with E-state index < -0.39 is 0 Å². The number of nitrogens with zero attached hydrogens (tertiary/aromatic N) is 3. The van der Waals surface area contributed by atoms with E-state index in [1.54, 1.807) is 29.0 Å². The summed E-state index contributed by atoms with van der Waals surface area (Å²) in [5, 5.41) is 15.2. The molecule has 0 saturated carbocycles. The van der Waals surface area contributed by atoms with Crippen molar-refractivity contribution in [2.45, 2.75) is 26.4 Å². The van der Waals surface area contributed by atoms with Crippen LogP contribution in [0, 0.1) is 10.8 Å². The molecular weight excluding hydrogens is 402 g/mol. The molecule has 4 aromatic rings. The van der Waals surface area contributed by atoms with Crippen molar-refractivity contribution >= 4 is 22.7 Å². The van der Waals surface area contributed by atoms with Gasteiger partial charge in [0.05, 0.1) is 12.1 Å². The van der Waals surface area contributed by atoms with Gasteiger partial charge in [-0.25, -0.2) is 4.98 Å². The lowest BCUT2D eigenvalue weighted by molar-refractivity contribution is 0.729. The number of imidazole rings is 1. The van der Waals surface area contributed by atoms with E-state index in [9.17, 15) is 4.79 Å². The van der Waals surface area contributed by atoms with Gasteiger partial charge in [-0.15, -0.1) is 0 Å². The molecular formula is C24H25N7O. The number of nitrogens with one attached hydrogen (secondary N) is 2. The molecule has 4 rings (SSSR count). The molecule has 2 aromatic heterocycles. The monoisotopic (exact) mass is 427 g/mol. The zero-order valence-corrected chi connectivity index (χ0v) is 17.8. The number of benzene rings is 2. The van der Waals surface area contributed by atoms with E-state index in [2.05, 4.69) is 4.98 Å². The van der Waals surface area contributed by atoms with E-state index in [1.165, 1.54) is 0 Å². The normalized spacial score (nSPS) is 11.0. The SMILES string of the molecule is CCc1nc2ccn(Cc3ccc(C(=N)N)cc3)c(=O)c2n1Cc1cccc(C(=N)N)c1. The fourth-order valence-corrected chi connectivity index (χ4v) is 3.80. The highest BCUT2D eigenvalue weighted by Crippen LogP contribution is 2.17. The number of amidine groups is 2. The highest BCUT2D eigenvalue weighted by molar-refractivity contribution is 5.95. The van der Waals surface area contributed by atoms with Crippen LogP contribution in [-0.2, 0) is 19.5 Å². The van der Waals surface area contributed by atoms with Gasteiger partial charge in [0.1, 0.15) is 23.0 Å². The van der Waals surface area contributed by atoms with E-state index in [0.717, 1.165) is 17.0 Å². The van der Waals surface area contributed by atoms with Crippen LogP contribution in [-0.4, -0.2) is 25.8 Å². The second-order valence-electron chi connectivity index (χ2n) is 7.68. The molecule has 0 aliphatic carbocycles. The molecule has 0 spiro atoms. The third-order valence-corrected chi connectivity index (χ3v) is 5.46. The van der Waals surface area contributed by atoms with Gasteiger partial charge in [0, 0.05) is 30.3 Å². The van der Waals surface area contributed by atoms with Gasteiger partial charge < -0.3 is 20.6 Å². The van der Waals surface area contributed by atoms with Gasteiger partial charge in [-0.05, 0) is 23.3 Å². The number of rotatable bonds is 7. The molecule has 2 heterocycles. The van der Waals surface area contributed by atoms with E-state index in [-0.39, 0.29) is 17.2 Å². The third-order valence-electron chi connectivity index (χ3n) is 5.46. The van der Waals surface area contributed by atoms with Crippen LogP contribution in [0.25, 0.3) is 11.0 Å². The summed E-state index contributed by atoms with van der Waals surface area (Å²) in [6.07, 6.45) is 2.45. The van der Waals surface area contributed by atoms with Crippen molar-refractivity contribution in [2.24, 2.45) is 11.5 Å². The summed E-state index contributed by atoms with van der Waals surface area (Å²) in [7, 11) is 0. The fourth-order valence-electron chi connectivity index (χ4n) is 3.80. The second kappa shape index (κ2) is 8.50. The van der Waals surface area contributed by atoms with Gasteiger partial charge in [0.15, 0.2) is 0 Å². The van der Waals surface area contributed by atoms with Crippen LogP contribution in [0.1, 0.15) is 35.0 Å². The Bertz CT molecular complexity index is 1380. The molecule has 8 nitrogen and oxygen atoms in total. The van der Waals surface area contributed by atoms with Gasteiger partial charge in [0.25, 0.3) is 5.56 Å². The molecule has 8 heteroatoms. The van der Waals surface area contributed by atoms with Crippen LogP contribution in [0.2, 0.25) is 0 Å². The van der Waals surface area contributed by atoms with Crippen LogP contribution in [0.4, 0.5) is 0 Å². The fraction of sp³-hybridized carbons (Fsp3) is 0.167. The Kier molecular flexibility index (Phi) is 5.59. The molecule has 2 aromatic carbocycles. The van der Waals surface area contributed by atoms with Gasteiger partial charge in [-0.2, -0.15) is 0 Å². The number of pyridine rings is 1. The summed E-state index contributed by atoms with van der Waals surface area (Å²) in [4.78, 5) is 18.1. The standard InChI is InChI=1S/C24H25N7O/c1-2-20-29-19-10-11-30(13-15-6-8-17(9-7-15)22(25)26)24(32)21(19)31(20)14-16-4-3-5-18(12-16)23(27)28/h3-12H,2,13-14H2,1H3,(H3,25,26)(H3,27,28). The Morgan fingerprint density at radius 2 is 1.66 bits per heavy atom. The molecule has 0 saturated heterocycles. The molecule has 0 fully saturated rings. The van der Waals surface area contributed by atoms with Crippen LogP contribution in [0.3, 0.4) is 0 Å². The predicted molar refractivity (Wildman–Crippen MR) is 126 cm³/mol. The van der Waals surface area contributed by atoms with Crippen LogP contribution >= 0.6 is 0 Å². The predicted octanol–water partition coefficient (Wildman–Crippen LogP) is 2.43. The largest absolute Gasteiger partial charge is 0.384 e. The maximum Gasteiger partial charge on any atom is 0.277 e. The molecule has 0 aliphatic rings. The summed E-state index contributed by atoms with van der Waals surface area (Å²) in [5.74, 6) is 0.852. The zero-order valence-electron chi connectivity index (χ0n) is 17.8. The van der Waals surface area contributed by atoms with Crippen molar-refractivity contribution < 1.29 is 0 Å². The molecule has 6 N–H and O–H groups in total.